The first-order valence-corrected chi connectivity index (χ1v) is 9.32. The third kappa shape index (κ3) is 3.83. The fourth-order valence-electron chi connectivity index (χ4n) is 3.72. The Morgan fingerprint density at radius 3 is 2.17 bits per heavy atom. The number of alkyl carbamates (subject to hydrolysis) is 1. The maximum absolute atomic E-state index is 12.8. The average Bonchev–Trinajstić information content (AvgIpc) is 3.04. The second-order valence-electron chi connectivity index (χ2n) is 7.02. The number of hydrogen-bond acceptors (Lipinski definition) is 3. The summed E-state index contributed by atoms with van der Waals surface area (Å²) in [6.45, 7) is -0.194. The molecule has 0 aliphatic heterocycles. The van der Waals surface area contributed by atoms with Gasteiger partial charge in [-0.1, -0.05) is 48.5 Å². The van der Waals surface area contributed by atoms with Crippen molar-refractivity contribution in [3.63, 3.8) is 0 Å². The Morgan fingerprint density at radius 1 is 0.967 bits per heavy atom. The molecule has 0 spiro atoms. The van der Waals surface area contributed by atoms with Crippen molar-refractivity contribution in [2.45, 2.75) is 18.6 Å². The van der Waals surface area contributed by atoms with Gasteiger partial charge in [-0.25, -0.2) is 4.79 Å². The van der Waals surface area contributed by atoms with Gasteiger partial charge in [0.25, 0.3) is 0 Å². The highest BCUT2D eigenvalue weighted by molar-refractivity contribution is 5.79. The van der Waals surface area contributed by atoms with Gasteiger partial charge in [-0.05, 0) is 40.5 Å². The predicted molar refractivity (Wildman–Crippen MR) is 105 cm³/mol. The third-order valence-corrected chi connectivity index (χ3v) is 5.17. The Labute approximate surface area is 170 Å². The monoisotopic (exact) mass is 413 g/mol. The number of nitrogens with one attached hydrogen (secondary N) is 1. The number of fused-ring (bicyclic) bond motifs is 3. The van der Waals surface area contributed by atoms with Crippen LogP contribution in [0.15, 0.2) is 66.7 Å². The number of aromatic hydroxyl groups is 1. The Hall–Kier alpha value is -3.48. The Bertz CT molecular complexity index is 1050. The summed E-state index contributed by atoms with van der Waals surface area (Å²) in [6, 6.07) is 18.3. The highest BCUT2D eigenvalue weighted by Crippen LogP contribution is 2.44. The molecule has 0 saturated carbocycles. The molecule has 0 unspecified atom stereocenters. The van der Waals surface area contributed by atoms with Crippen LogP contribution in [-0.2, 0) is 17.5 Å². The number of benzene rings is 3. The van der Waals surface area contributed by atoms with E-state index < -0.39 is 17.8 Å². The smallest absolute Gasteiger partial charge is 0.416 e. The average molecular weight is 413 g/mol. The zero-order valence-electron chi connectivity index (χ0n) is 15.7. The molecule has 0 bridgehead atoms. The second-order valence-corrected chi connectivity index (χ2v) is 7.02. The van der Waals surface area contributed by atoms with E-state index in [2.05, 4.69) is 5.32 Å². The molecule has 154 valence electrons. The molecule has 3 aromatic carbocycles. The first-order valence-electron chi connectivity index (χ1n) is 9.32. The summed E-state index contributed by atoms with van der Waals surface area (Å²) in [7, 11) is 0. The fraction of sp³-hybridized carbons (Fsp3) is 0.174. The van der Waals surface area contributed by atoms with E-state index in [-0.39, 0.29) is 30.4 Å². The van der Waals surface area contributed by atoms with Crippen molar-refractivity contribution in [2.75, 3.05) is 6.61 Å². The number of amides is 1. The number of hydrogen-bond donors (Lipinski definition) is 2. The third-order valence-electron chi connectivity index (χ3n) is 5.17. The summed E-state index contributed by atoms with van der Waals surface area (Å²) in [4.78, 5) is 12.2. The van der Waals surface area contributed by atoms with Crippen molar-refractivity contribution in [1.82, 2.24) is 5.32 Å². The molecule has 7 heteroatoms. The van der Waals surface area contributed by atoms with Crippen LogP contribution in [-0.4, -0.2) is 17.8 Å². The molecular formula is C23H18F3NO3. The van der Waals surface area contributed by atoms with Crippen LogP contribution in [0.1, 0.15) is 28.2 Å². The number of phenols is 1. The Balaban J connectivity index is 1.42. The summed E-state index contributed by atoms with van der Waals surface area (Å²) in [6.07, 6.45) is -5.31. The predicted octanol–water partition coefficient (Wildman–Crippen LogP) is 5.45. The minimum absolute atomic E-state index is 0.0432. The summed E-state index contributed by atoms with van der Waals surface area (Å²) < 4.78 is 43.9. The molecule has 0 heterocycles. The fourth-order valence-corrected chi connectivity index (χ4v) is 3.72. The van der Waals surface area contributed by atoms with E-state index in [1.165, 1.54) is 0 Å². The second kappa shape index (κ2) is 7.74. The van der Waals surface area contributed by atoms with Crippen molar-refractivity contribution in [3.8, 4) is 16.9 Å². The summed E-state index contributed by atoms with van der Waals surface area (Å²) in [5.74, 6) is -0.452. The van der Waals surface area contributed by atoms with Crippen LogP contribution in [0, 0.1) is 0 Å². The number of ether oxygens (including phenoxy) is 1. The van der Waals surface area contributed by atoms with Gasteiger partial charge in [0.15, 0.2) is 0 Å². The zero-order valence-corrected chi connectivity index (χ0v) is 15.7. The molecule has 4 nitrogen and oxygen atoms in total. The highest BCUT2D eigenvalue weighted by Gasteiger charge is 2.31. The Kier molecular flexibility index (Phi) is 5.11. The SMILES string of the molecule is O=C(NCc1cc(C(F)(F)F)ccc1O)OCC1c2ccccc2-c2ccccc21. The van der Waals surface area contributed by atoms with Crippen molar-refractivity contribution >= 4 is 6.09 Å². The maximum atomic E-state index is 12.8. The van der Waals surface area contributed by atoms with Gasteiger partial charge < -0.3 is 15.2 Å². The number of carbonyl (C=O) groups is 1. The standard InChI is InChI=1S/C23H18F3NO3/c24-23(25,26)15-9-10-21(28)14(11-15)12-27-22(29)30-13-20-18-7-3-1-5-16(18)17-6-2-4-8-19(17)20/h1-11,20,28H,12-13H2,(H,27,29). The molecule has 1 aliphatic carbocycles. The van der Waals surface area contributed by atoms with Crippen molar-refractivity contribution in [2.24, 2.45) is 0 Å². The lowest BCUT2D eigenvalue weighted by atomic mass is 9.98. The first-order chi connectivity index (χ1) is 14.3. The van der Waals surface area contributed by atoms with Crippen molar-refractivity contribution in [3.05, 3.63) is 89.0 Å². The first kappa shape index (κ1) is 19.8. The van der Waals surface area contributed by atoms with Gasteiger partial charge in [-0.15, -0.1) is 0 Å². The van der Waals surface area contributed by atoms with E-state index in [0.717, 1.165) is 40.5 Å². The minimum Gasteiger partial charge on any atom is -0.508 e. The van der Waals surface area contributed by atoms with E-state index in [0.29, 0.717) is 0 Å². The number of phenolic OH excluding ortho intramolecular Hbond substituents is 1. The van der Waals surface area contributed by atoms with E-state index in [1.807, 2.05) is 48.5 Å². The van der Waals surface area contributed by atoms with Crippen LogP contribution >= 0.6 is 0 Å². The van der Waals surface area contributed by atoms with Crippen LogP contribution in [0.2, 0.25) is 0 Å². The number of halogens is 3. The zero-order chi connectivity index (χ0) is 21.3. The number of alkyl halides is 3. The molecule has 3 aromatic rings. The van der Waals surface area contributed by atoms with Crippen molar-refractivity contribution < 1.29 is 27.8 Å². The lowest BCUT2D eigenvalue weighted by Crippen LogP contribution is -2.25. The summed E-state index contributed by atoms with van der Waals surface area (Å²) in [5.41, 5.74) is 3.36. The molecule has 0 atom stereocenters. The molecule has 2 N–H and O–H groups in total. The van der Waals surface area contributed by atoms with Gasteiger partial charge in [-0.3, -0.25) is 0 Å². The van der Waals surface area contributed by atoms with Crippen LogP contribution < -0.4 is 5.32 Å². The van der Waals surface area contributed by atoms with Gasteiger partial charge in [0.1, 0.15) is 12.4 Å². The largest absolute Gasteiger partial charge is 0.508 e. The molecule has 0 fully saturated rings. The topological polar surface area (TPSA) is 58.6 Å². The van der Waals surface area contributed by atoms with Crippen LogP contribution in [0.5, 0.6) is 5.75 Å². The molecule has 0 saturated heterocycles. The van der Waals surface area contributed by atoms with E-state index in [9.17, 15) is 23.1 Å². The molecule has 30 heavy (non-hydrogen) atoms. The molecule has 1 aliphatic rings. The van der Waals surface area contributed by atoms with Gasteiger partial charge in [-0.2, -0.15) is 13.2 Å². The number of carbonyl (C=O) groups excluding carboxylic acids is 1. The van der Waals surface area contributed by atoms with Gasteiger partial charge in [0, 0.05) is 18.0 Å². The summed E-state index contributed by atoms with van der Waals surface area (Å²) in [5, 5.41) is 12.2. The van der Waals surface area contributed by atoms with E-state index in [1.54, 1.807) is 0 Å². The molecule has 1 amide bonds. The van der Waals surface area contributed by atoms with Gasteiger partial charge in [0.05, 0.1) is 5.56 Å². The normalized spacial score (nSPS) is 12.9. The lowest BCUT2D eigenvalue weighted by molar-refractivity contribution is -0.137. The molecular weight excluding hydrogens is 395 g/mol. The van der Waals surface area contributed by atoms with E-state index in [4.69, 9.17) is 4.74 Å². The molecule has 0 aromatic heterocycles. The Morgan fingerprint density at radius 2 is 1.57 bits per heavy atom. The van der Waals surface area contributed by atoms with Crippen molar-refractivity contribution in [1.29, 1.82) is 0 Å². The maximum Gasteiger partial charge on any atom is 0.416 e. The van der Waals surface area contributed by atoms with Crippen LogP contribution in [0.3, 0.4) is 0 Å². The highest BCUT2D eigenvalue weighted by atomic mass is 19.4. The van der Waals surface area contributed by atoms with E-state index >= 15 is 0 Å². The molecule has 4 rings (SSSR count). The lowest BCUT2D eigenvalue weighted by Gasteiger charge is -2.15. The van der Waals surface area contributed by atoms with Crippen LogP contribution in [0.25, 0.3) is 11.1 Å². The number of rotatable bonds is 4. The minimum atomic E-state index is -4.54. The summed E-state index contributed by atoms with van der Waals surface area (Å²) >= 11 is 0. The quantitative estimate of drug-likeness (QED) is 0.598. The van der Waals surface area contributed by atoms with Crippen LogP contribution in [0.4, 0.5) is 18.0 Å². The van der Waals surface area contributed by atoms with Gasteiger partial charge >= 0.3 is 12.3 Å². The van der Waals surface area contributed by atoms with Gasteiger partial charge in [0.2, 0.25) is 0 Å². The molecule has 0 radical (unpaired) electrons.